The van der Waals surface area contributed by atoms with Crippen LogP contribution in [0.25, 0.3) is 0 Å². The first-order valence-corrected chi connectivity index (χ1v) is 11.8. The Morgan fingerprint density at radius 2 is 1.81 bits per heavy atom. The SMILES string of the molecule is Cc1cc(S(=O)(=O)Cl)ccc1NC(=O)C(Cc1ccccc1)NC(=O)c1ccc(F)cn1. The van der Waals surface area contributed by atoms with Crippen molar-refractivity contribution < 1.29 is 22.4 Å². The largest absolute Gasteiger partial charge is 0.339 e. The molecule has 2 amide bonds. The Balaban J connectivity index is 1.83. The van der Waals surface area contributed by atoms with Crippen LogP contribution in [0.1, 0.15) is 21.6 Å². The third kappa shape index (κ3) is 6.12. The Morgan fingerprint density at radius 1 is 1.09 bits per heavy atom. The molecule has 0 radical (unpaired) electrons. The zero-order valence-corrected chi connectivity index (χ0v) is 18.5. The van der Waals surface area contributed by atoms with Gasteiger partial charge in [-0.25, -0.2) is 17.8 Å². The Labute approximate surface area is 189 Å². The van der Waals surface area contributed by atoms with E-state index in [1.54, 1.807) is 6.92 Å². The van der Waals surface area contributed by atoms with E-state index >= 15 is 0 Å². The minimum atomic E-state index is -3.91. The van der Waals surface area contributed by atoms with Crippen LogP contribution in [0.4, 0.5) is 10.1 Å². The van der Waals surface area contributed by atoms with Crippen LogP contribution in [-0.2, 0) is 20.3 Å². The molecule has 1 atom stereocenters. The first kappa shape index (κ1) is 23.4. The lowest BCUT2D eigenvalue weighted by Gasteiger charge is -2.19. The van der Waals surface area contributed by atoms with Crippen LogP contribution in [0.2, 0.25) is 0 Å². The van der Waals surface area contributed by atoms with Crippen molar-refractivity contribution >= 4 is 37.2 Å². The molecule has 0 aliphatic heterocycles. The van der Waals surface area contributed by atoms with E-state index in [1.807, 2.05) is 30.3 Å². The monoisotopic (exact) mass is 475 g/mol. The third-order valence-corrected chi connectivity index (χ3v) is 5.95. The van der Waals surface area contributed by atoms with Gasteiger partial charge in [-0.05, 0) is 48.4 Å². The van der Waals surface area contributed by atoms with Gasteiger partial charge >= 0.3 is 0 Å². The van der Waals surface area contributed by atoms with Gasteiger partial charge in [0.2, 0.25) is 5.91 Å². The number of amides is 2. The smallest absolute Gasteiger partial charge is 0.270 e. The molecular weight excluding hydrogens is 457 g/mol. The molecule has 0 bridgehead atoms. The maximum Gasteiger partial charge on any atom is 0.270 e. The number of aromatic nitrogens is 1. The van der Waals surface area contributed by atoms with Gasteiger partial charge in [0, 0.05) is 22.8 Å². The molecule has 2 aromatic carbocycles. The van der Waals surface area contributed by atoms with E-state index in [9.17, 15) is 22.4 Å². The molecule has 2 N–H and O–H groups in total. The van der Waals surface area contributed by atoms with E-state index < -0.39 is 32.7 Å². The number of nitrogens with one attached hydrogen (secondary N) is 2. The van der Waals surface area contributed by atoms with Crippen molar-refractivity contribution in [2.24, 2.45) is 0 Å². The fourth-order valence-corrected chi connectivity index (χ4v) is 3.79. The van der Waals surface area contributed by atoms with Crippen molar-refractivity contribution in [3.05, 3.63) is 89.5 Å². The van der Waals surface area contributed by atoms with Gasteiger partial charge in [0.15, 0.2) is 0 Å². The average Bonchev–Trinajstić information content (AvgIpc) is 2.75. The second kappa shape index (κ2) is 9.88. The maximum atomic E-state index is 13.1. The van der Waals surface area contributed by atoms with Crippen molar-refractivity contribution in [3.63, 3.8) is 0 Å². The number of pyridine rings is 1. The Kier molecular flexibility index (Phi) is 7.22. The molecular formula is C22H19ClFN3O4S. The molecule has 32 heavy (non-hydrogen) atoms. The molecule has 0 aliphatic rings. The second-order valence-electron chi connectivity index (χ2n) is 6.98. The zero-order chi connectivity index (χ0) is 23.3. The fraction of sp³-hybridized carbons (Fsp3) is 0.136. The van der Waals surface area contributed by atoms with Gasteiger partial charge in [-0.3, -0.25) is 9.59 Å². The summed E-state index contributed by atoms with van der Waals surface area (Å²) in [5, 5.41) is 5.33. The van der Waals surface area contributed by atoms with Gasteiger partial charge in [0.1, 0.15) is 17.6 Å². The minimum absolute atomic E-state index is 0.0369. The van der Waals surface area contributed by atoms with E-state index in [1.165, 1.54) is 24.3 Å². The summed E-state index contributed by atoms with van der Waals surface area (Å²) in [6.45, 7) is 1.62. The molecule has 0 fully saturated rings. The fourth-order valence-electron chi connectivity index (χ4n) is 2.95. The molecule has 7 nitrogen and oxygen atoms in total. The summed E-state index contributed by atoms with van der Waals surface area (Å²) in [5.41, 5.74) is 1.61. The van der Waals surface area contributed by atoms with Crippen LogP contribution < -0.4 is 10.6 Å². The van der Waals surface area contributed by atoms with Crippen LogP contribution >= 0.6 is 10.7 Å². The van der Waals surface area contributed by atoms with Crippen molar-refractivity contribution in [2.75, 3.05) is 5.32 Å². The van der Waals surface area contributed by atoms with Crippen molar-refractivity contribution in [1.82, 2.24) is 10.3 Å². The topological polar surface area (TPSA) is 105 Å². The Morgan fingerprint density at radius 3 is 2.41 bits per heavy atom. The number of halogens is 2. The highest BCUT2D eigenvalue weighted by Crippen LogP contribution is 2.22. The summed E-state index contributed by atoms with van der Waals surface area (Å²) in [5.74, 6) is -1.74. The van der Waals surface area contributed by atoms with Crippen molar-refractivity contribution in [1.29, 1.82) is 0 Å². The molecule has 0 aliphatic carbocycles. The molecule has 3 rings (SSSR count). The first-order chi connectivity index (χ1) is 15.1. The summed E-state index contributed by atoms with van der Waals surface area (Å²) >= 11 is 0. The van der Waals surface area contributed by atoms with Gasteiger partial charge in [-0.1, -0.05) is 30.3 Å². The predicted molar refractivity (Wildman–Crippen MR) is 118 cm³/mol. The quantitative estimate of drug-likeness (QED) is 0.509. The highest BCUT2D eigenvalue weighted by Gasteiger charge is 2.23. The number of hydrogen-bond acceptors (Lipinski definition) is 5. The van der Waals surface area contributed by atoms with E-state index in [0.29, 0.717) is 11.3 Å². The summed E-state index contributed by atoms with van der Waals surface area (Å²) in [6.07, 6.45) is 1.10. The molecule has 0 saturated carbocycles. The standard InChI is InChI=1S/C22H19ClFN3O4S/c1-14-11-17(32(23,30)31)8-10-18(14)26-22(29)20(12-15-5-3-2-4-6-15)27-21(28)19-9-7-16(24)13-25-19/h2-11,13,20H,12H2,1H3,(H,26,29)(H,27,28). The normalized spacial score (nSPS) is 12.1. The predicted octanol–water partition coefficient (Wildman–Crippen LogP) is 3.44. The lowest BCUT2D eigenvalue weighted by atomic mass is 10.0. The van der Waals surface area contributed by atoms with E-state index in [-0.39, 0.29) is 17.0 Å². The number of benzene rings is 2. The van der Waals surface area contributed by atoms with Gasteiger partial charge in [-0.2, -0.15) is 0 Å². The highest BCUT2D eigenvalue weighted by atomic mass is 35.7. The molecule has 0 spiro atoms. The molecule has 3 aromatic rings. The number of rotatable bonds is 7. The maximum absolute atomic E-state index is 13.1. The van der Waals surface area contributed by atoms with Crippen LogP contribution in [-0.4, -0.2) is 31.3 Å². The third-order valence-electron chi connectivity index (χ3n) is 4.60. The number of carbonyl (C=O) groups excluding carboxylic acids is 2. The second-order valence-corrected chi connectivity index (χ2v) is 9.55. The van der Waals surface area contributed by atoms with E-state index in [4.69, 9.17) is 10.7 Å². The molecule has 1 unspecified atom stereocenters. The van der Waals surface area contributed by atoms with Crippen LogP contribution in [0, 0.1) is 12.7 Å². The summed E-state index contributed by atoms with van der Waals surface area (Å²) in [6, 6.07) is 14.5. The number of aryl methyl sites for hydroxylation is 1. The highest BCUT2D eigenvalue weighted by molar-refractivity contribution is 8.13. The average molecular weight is 476 g/mol. The molecule has 10 heteroatoms. The number of carbonyl (C=O) groups is 2. The van der Waals surface area contributed by atoms with Crippen LogP contribution in [0.3, 0.4) is 0 Å². The number of hydrogen-bond donors (Lipinski definition) is 2. The molecule has 1 aromatic heterocycles. The zero-order valence-electron chi connectivity index (χ0n) is 16.9. The number of nitrogens with zero attached hydrogens (tertiary/aromatic N) is 1. The molecule has 0 saturated heterocycles. The minimum Gasteiger partial charge on any atom is -0.339 e. The van der Waals surface area contributed by atoms with Gasteiger partial charge < -0.3 is 10.6 Å². The summed E-state index contributed by atoms with van der Waals surface area (Å²) in [4.78, 5) is 29.2. The summed E-state index contributed by atoms with van der Waals surface area (Å²) in [7, 11) is 1.45. The van der Waals surface area contributed by atoms with Gasteiger partial charge in [-0.15, -0.1) is 0 Å². The lowest BCUT2D eigenvalue weighted by Crippen LogP contribution is -2.45. The van der Waals surface area contributed by atoms with E-state index in [0.717, 1.165) is 17.8 Å². The van der Waals surface area contributed by atoms with Gasteiger partial charge in [0.25, 0.3) is 15.0 Å². The van der Waals surface area contributed by atoms with Crippen LogP contribution in [0.15, 0.2) is 71.8 Å². The molecule has 1 heterocycles. The Bertz CT molecular complexity index is 1240. The van der Waals surface area contributed by atoms with Crippen molar-refractivity contribution in [3.8, 4) is 0 Å². The Hall–Kier alpha value is -3.30. The summed E-state index contributed by atoms with van der Waals surface area (Å²) < 4.78 is 36.1. The van der Waals surface area contributed by atoms with Crippen molar-refractivity contribution in [2.45, 2.75) is 24.3 Å². The van der Waals surface area contributed by atoms with Gasteiger partial charge in [0.05, 0.1) is 11.1 Å². The van der Waals surface area contributed by atoms with E-state index in [2.05, 4.69) is 15.6 Å². The van der Waals surface area contributed by atoms with Crippen LogP contribution in [0.5, 0.6) is 0 Å². The first-order valence-electron chi connectivity index (χ1n) is 9.46. The molecule has 166 valence electrons. The lowest BCUT2D eigenvalue weighted by molar-refractivity contribution is -0.118. The number of anilines is 1.